The molecule has 0 spiro atoms. The van der Waals surface area contributed by atoms with E-state index in [1.165, 1.54) is 13.8 Å². The van der Waals surface area contributed by atoms with Gasteiger partial charge >= 0.3 is 11.9 Å². The third-order valence-electron chi connectivity index (χ3n) is 1.58. The molecule has 0 amide bonds. The summed E-state index contributed by atoms with van der Waals surface area (Å²) in [6.07, 6.45) is 0. The molecule has 0 aromatic heterocycles. The molecule has 2 atom stereocenters. The Morgan fingerprint density at radius 2 is 1.38 bits per heavy atom. The Bertz CT molecular complexity index is 169. The third kappa shape index (κ3) is 5.19. The van der Waals surface area contributed by atoms with Crippen LogP contribution >= 0.6 is 0 Å². The smallest absolute Gasteiger partial charge is 0.308 e. The molecule has 76 valence electrons. The minimum atomic E-state index is -0.942. The van der Waals surface area contributed by atoms with E-state index in [0.717, 1.165) is 0 Å². The molecule has 0 aromatic carbocycles. The van der Waals surface area contributed by atoms with Crippen molar-refractivity contribution in [2.24, 2.45) is 11.8 Å². The van der Waals surface area contributed by atoms with Gasteiger partial charge in [0.05, 0.1) is 25.0 Å². The zero-order chi connectivity index (χ0) is 10.4. The molecule has 0 aliphatic rings. The molecule has 0 heterocycles. The molecule has 5 nitrogen and oxygen atoms in total. The van der Waals surface area contributed by atoms with Crippen LogP contribution in [0.5, 0.6) is 0 Å². The number of hydrogen-bond acceptors (Lipinski definition) is 3. The van der Waals surface area contributed by atoms with Crippen LogP contribution in [0.4, 0.5) is 0 Å². The summed E-state index contributed by atoms with van der Waals surface area (Å²) in [6, 6.07) is 0. The molecule has 0 rings (SSSR count). The topological polar surface area (TPSA) is 83.8 Å². The van der Waals surface area contributed by atoms with Gasteiger partial charge < -0.3 is 14.9 Å². The van der Waals surface area contributed by atoms with Crippen LogP contribution in [0.1, 0.15) is 13.8 Å². The fourth-order valence-electron chi connectivity index (χ4n) is 0.564. The molecule has 0 aliphatic heterocycles. The number of carboxylic acids is 2. The second-order valence-corrected chi connectivity index (χ2v) is 3.02. The van der Waals surface area contributed by atoms with Gasteiger partial charge in [-0.15, -0.1) is 0 Å². The SMILES string of the molecule is CC(COCC(C)C(=O)O)C(=O)O. The molecule has 5 heteroatoms. The maximum absolute atomic E-state index is 10.3. The van der Waals surface area contributed by atoms with Gasteiger partial charge in [0.15, 0.2) is 0 Å². The molecule has 13 heavy (non-hydrogen) atoms. The van der Waals surface area contributed by atoms with E-state index in [-0.39, 0.29) is 13.2 Å². The lowest BCUT2D eigenvalue weighted by molar-refractivity contribution is -0.145. The van der Waals surface area contributed by atoms with Crippen LogP contribution in [0.15, 0.2) is 0 Å². The predicted octanol–water partition coefficient (Wildman–Crippen LogP) is 0.444. The number of carbonyl (C=O) groups is 2. The molecule has 0 bridgehead atoms. The Kier molecular flexibility index (Phi) is 5.06. The van der Waals surface area contributed by atoms with Crippen molar-refractivity contribution in [2.75, 3.05) is 13.2 Å². The fraction of sp³-hybridized carbons (Fsp3) is 0.750. The summed E-state index contributed by atoms with van der Waals surface area (Å²) >= 11 is 0. The number of aliphatic carboxylic acids is 2. The first-order valence-corrected chi connectivity index (χ1v) is 3.98. The van der Waals surface area contributed by atoms with Gasteiger partial charge in [-0.1, -0.05) is 0 Å². The Hall–Kier alpha value is -1.10. The zero-order valence-corrected chi connectivity index (χ0v) is 7.69. The number of ether oxygens (including phenoxy) is 1. The van der Waals surface area contributed by atoms with Crippen molar-refractivity contribution in [3.63, 3.8) is 0 Å². The van der Waals surface area contributed by atoms with Crippen molar-refractivity contribution in [3.8, 4) is 0 Å². The van der Waals surface area contributed by atoms with Crippen molar-refractivity contribution in [1.82, 2.24) is 0 Å². The largest absolute Gasteiger partial charge is 0.481 e. The van der Waals surface area contributed by atoms with Crippen LogP contribution in [-0.4, -0.2) is 35.4 Å². The first-order valence-electron chi connectivity index (χ1n) is 3.98. The summed E-state index contributed by atoms with van der Waals surface area (Å²) in [7, 11) is 0. The van der Waals surface area contributed by atoms with Gasteiger partial charge in [-0.3, -0.25) is 9.59 Å². The first-order chi connectivity index (χ1) is 5.95. The van der Waals surface area contributed by atoms with E-state index in [1.54, 1.807) is 0 Å². The van der Waals surface area contributed by atoms with Crippen LogP contribution in [0.3, 0.4) is 0 Å². The predicted molar refractivity (Wildman–Crippen MR) is 44.4 cm³/mol. The summed E-state index contributed by atoms with van der Waals surface area (Å²) in [6.45, 7) is 3.11. The maximum atomic E-state index is 10.3. The standard InChI is InChI=1S/C8H14O5/c1-5(7(9)10)3-13-4-6(2)8(11)12/h5-6H,3-4H2,1-2H3,(H,9,10)(H,11,12). The highest BCUT2D eigenvalue weighted by Gasteiger charge is 2.14. The van der Waals surface area contributed by atoms with Gasteiger partial charge in [-0.2, -0.15) is 0 Å². The second-order valence-electron chi connectivity index (χ2n) is 3.02. The highest BCUT2D eigenvalue weighted by Crippen LogP contribution is 2.00. The van der Waals surface area contributed by atoms with E-state index in [0.29, 0.717) is 0 Å². The normalized spacial score (nSPS) is 14.9. The van der Waals surface area contributed by atoms with Gasteiger partial charge in [0.2, 0.25) is 0 Å². The summed E-state index contributed by atoms with van der Waals surface area (Å²) in [5.41, 5.74) is 0. The average Bonchev–Trinajstić information content (AvgIpc) is 2.03. The lowest BCUT2D eigenvalue weighted by atomic mass is 10.2. The zero-order valence-electron chi connectivity index (χ0n) is 7.69. The van der Waals surface area contributed by atoms with Crippen molar-refractivity contribution in [1.29, 1.82) is 0 Å². The van der Waals surface area contributed by atoms with E-state index in [2.05, 4.69) is 0 Å². The Morgan fingerprint density at radius 1 is 1.08 bits per heavy atom. The molecule has 0 fully saturated rings. The van der Waals surface area contributed by atoms with E-state index < -0.39 is 23.8 Å². The Labute approximate surface area is 76.3 Å². The maximum Gasteiger partial charge on any atom is 0.308 e. The molecule has 2 N–H and O–H groups in total. The van der Waals surface area contributed by atoms with E-state index in [4.69, 9.17) is 14.9 Å². The summed E-state index contributed by atoms with van der Waals surface area (Å²) < 4.78 is 4.92. The van der Waals surface area contributed by atoms with Gasteiger partial charge in [0.25, 0.3) is 0 Å². The van der Waals surface area contributed by atoms with Gasteiger partial charge in [-0.05, 0) is 13.8 Å². The van der Waals surface area contributed by atoms with Crippen LogP contribution in [-0.2, 0) is 14.3 Å². The highest BCUT2D eigenvalue weighted by molar-refractivity contribution is 5.70. The van der Waals surface area contributed by atoms with Crippen molar-refractivity contribution >= 4 is 11.9 Å². The lowest BCUT2D eigenvalue weighted by Crippen LogP contribution is -2.21. The number of hydrogen-bond donors (Lipinski definition) is 2. The minimum Gasteiger partial charge on any atom is -0.481 e. The highest BCUT2D eigenvalue weighted by atomic mass is 16.5. The van der Waals surface area contributed by atoms with Gasteiger partial charge in [0.1, 0.15) is 0 Å². The van der Waals surface area contributed by atoms with Gasteiger partial charge in [0, 0.05) is 0 Å². The van der Waals surface area contributed by atoms with Crippen molar-refractivity contribution in [3.05, 3.63) is 0 Å². The third-order valence-corrected chi connectivity index (χ3v) is 1.58. The number of rotatable bonds is 6. The monoisotopic (exact) mass is 190 g/mol. The van der Waals surface area contributed by atoms with Crippen molar-refractivity contribution < 1.29 is 24.5 Å². The number of carboxylic acid groups (broad SMARTS) is 2. The van der Waals surface area contributed by atoms with E-state index >= 15 is 0 Å². The Balaban J connectivity index is 3.56. The van der Waals surface area contributed by atoms with E-state index in [9.17, 15) is 9.59 Å². The van der Waals surface area contributed by atoms with E-state index in [1.807, 2.05) is 0 Å². The quantitative estimate of drug-likeness (QED) is 0.635. The lowest BCUT2D eigenvalue weighted by Gasteiger charge is -2.09. The first kappa shape index (κ1) is 11.9. The van der Waals surface area contributed by atoms with Crippen LogP contribution in [0, 0.1) is 11.8 Å². The molecule has 0 aromatic rings. The minimum absolute atomic E-state index is 0.0486. The molecule has 0 radical (unpaired) electrons. The Morgan fingerprint density at radius 3 is 1.62 bits per heavy atom. The summed E-state index contributed by atoms with van der Waals surface area (Å²) in [5.74, 6) is -3.08. The van der Waals surface area contributed by atoms with Crippen LogP contribution in [0.25, 0.3) is 0 Å². The van der Waals surface area contributed by atoms with Gasteiger partial charge in [-0.25, -0.2) is 0 Å². The molecular formula is C8H14O5. The molecule has 2 unspecified atom stereocenters. The van der Waals surface area contributed by atoms with Crippen molar-refractivity contribution in [2.45, 2.75) is 13.8 Å². The van der Waals surface area contributed by atoms with Crippen LogP contribution < -0.4 is 0 Å². The van der Waals surface area contributed by atoms with Crippen LogP contribution in [0.2, 0.25) is 0 Å². The molecule has 0 saturated carbocycles. The second kappa shape index (κ2) is 5.53. The average molecular weight is 190 g/mol. The molecular weight excluding hydrogens is 176 g/mol. The fourth-order valence-corrected chi connectivity index (χ4v) is 0.564. The summed E-state index contributed by atoms with van der Waals surface area (Å²) in [4.78, 5) is 20.6. The summed E-state index contributed by atoms with van der Waals surface area (Å²) in [5, 5.41) is 16.9. The molecule has 0 aliphatic carbocycles. The molecule has 0 saturated heterocycles.